The van der Waals surface area contributed by atoms with E-state index in [4.69, 9.17) is 9.47 Å². The minimum absolute atomic E-state index is 0.0954. The van der Waals surface area contributed by atoms with Crippen molar-refractivity contribution in [1.29, 1.82) is 0 Å². The van der Waals surface area contributed by atoms with Crippen LogP contribution in [0.2, 0.25) is 0 Å². The smallest absolute Gasteiger partial charge is 0.256 e. The van der Waals surface area contributed by atoms with E-state index in [1.165, 1.54) is 0 Å². The van der Waals surface area contributed by atoms with Gasteiger partial charge in [0.1, 0.15) is 0 Å². The van der Waals surface area contributed by atoms with Crippen LogP contribution in [0.25, 0.3) is 0 Å². The molecule has 1 aliphatic rings. The van der Waals surface area contributed by atoms with Gasteiger partial charge in [0.05, 0.1) is 36.6 Å². The van der Waals surface area contributed by atoms with Gasteiger partial charge in [-0.3, -0.25) is 9.59 Å². The Hall–Kier alpha value is -2.35. The molecule has 148 valence electrons. The first-order valence-corrected chi connectivity index (χ1v) is 10.2. The second-order valence-corrected chi connectivity index (χ2v) is 7.38. The Kier molecular flexibility index (Phi) is 7.47. The summed E-state index contributed by atoms with van der Waals surface area (Å²) in [4.78, 5) is 28.4. The van der Waals surface area contributed by atoms with E-state index in [9.17, 15) is 9.59 Å². The molecule has 1 aliphatic heterocycles. The van der Waals surface area contributed by atoms with Crippen molar-refractivity contribution in [2.24, 2.45) is 0 Å². The fourth-order valence-electron chi connectivity index (χ4n) is 2.92. The second-order valence-electron chi connectivity index (χ2n) is 6.24. The van der Waals surface area contributed by atoms with Crippen molar-refractivity contribution in [2.45, 2.75) is 4.90 Å². The molecule has 7 heteroatoms. The van der Waals surface area contributed by atoms with Crippen LogP contribution in [0.3, 0.4) is 0 Å². The number of methoxy groups -OCH3 is 1. The summed E-state index contributed by atoms with van der Waals surface area (Å²) in [5, 5.41) is 2.92. The maximum atomic E-state index is 12.9. The van der Waals surface area contributed by atoms with Gasteiger partial charge in [-0.05, 0) is 24.3 Å². The number of ether oxygens (including phenoxy) is 2. The van der Waals surface area contributed by atoms with Gasteiger partial charge in [-0.15, -0.1) is 11.8 Å². The quantitative estimate of drug-likeness (QED) is 0.571. The van der Waals surface area contributed by atoms with Crippen LogP contribution in [0, 0.1) is 0 Å². The molecule has 0 spiro atoms. The van der Waals surface area contributed by atoms with E-state index in [1.54, 1.807) is 48.0 Å². The largest absolute Gasteiger partial charge is 0.384 e. The molecule has 1 saturated heterocycles. The molecule has 1 N–H and O–H groups in total. The number of carbonyl (C=O) groups is 2. The third-order valence-electron chi connectivity index (χ3n) is 4.38. The number of hydrogen-bond acceptors (Lipinski definition) is 5. The number of nitrogens with zero attached hydrogens (tertiary/aromatic N) is 1. The molecule has 0 atom stereocenters. The molecule has 2 aromatic rings. The van der Waals surface area contributed by atoms with Crippen molar-refractivity contribution in [1.82, 2.24) is 4.90 Å². The second kappa shape index (κ2) is 10.3. The summed E-state index contributed by atoms with van der Waals surface area (Å²) >= 11 is 1.57. The number of carbonyl (C=O) groups excluding carboxylic acids is 2. The average molecular weight is 401 g/mol. The van der Waals surface area contributed by atoms with Crippen LogP contribution in [0.1, 0.15) is 20.7 Å². The zero-order valence-corrected chi connectivity index (χ0v) is 16.7. The van der Waals surface area contributed by atoms with Crippen LogP contribution in [-0.4, -0.2) is 62.5 Å². The fraction of sp³-hybridized carbons (Fsp3) is 0.333. The molecule has 0 radical (unpaired) electrons. The van der Waals surface area contributed by atoms with Gasteiger partial charge in [-0.25, -0.2) is 0 Å². The Morgan fingerprint density at radius 3 is 2.50 bits per heavy atom. The van der Waals surface area contributed by atoms with Crippen LogP contribution in [-0.2, 0) is 9.47 Å². The number of rotatable bonds is 7. The SMILES string of the molecule is COCCSc1ccccc1C(=O)Nc1ccccc1C(=O)N1CCOCC1. The molecule has 0 unspecified atom stereocenters. The summed E-state index contributed by atoms with van der Waals surface area (Å²) in [5.74, 6) is 0.428. The number of anilines is 1. The van der Waals surface area contributed by atoms with Gasteiger partial charge in [0.2, 0.25) is 0 Å². The highest BCUT2D eigenvalue weighted by Gasteiger charge is 2.22. The summed E-state index contributed by atoms with van der Waals surface area (Å²) in [5.41, 5.74) is 1.58. The molecule has 2 aromatic carbocycles. The molecule has 0 aromatic heterocycles. The Morgan fingerprint density at radius 2 is 1.75 bits per heavy atom. The monoisotopic (exact) mass is 400 g/mol. The van der Waals surface area contributed by atoms with Crippen LogP contribution < -0.4 is 5.32 Å². The van der Waals surface area contributed by atoms with Crippen LogP contribution in [0.5, 0.6) is 0 Å². The minimum Gasteiger partial charge on any atom is -0.384 e. The fourth-order valence-corrected chi connectivity index (χ4v) is 3.88. The summed E-state index contributed by atoms with van der Waals surface area (Å²) in [6, 6.07) is 14.6. The number of morpholine rings is 1. The normalized spacial score (nSPS) is 14.0. The minimum atomic E-state index is -0.234. The van der Waals surface area contributed by atoms with E-state index < -0.39 is 0 Å². The Labute approximate surface area is 169 Å². The van der Waals surface area contributed by atoms with Crippen LogP contribution in [0.15, 0.2) is 53.4 Å². The van der Waals surface area contributed by atoms with E-state index in [0.717, 1.165) is 10.6 Å². The summed E-state index contributed by atoms with van der Waals surface area (Å²) in [7, 11) is 1.65. The topological polar surface area (TPSA) is 67.9 Å². The third-order valence-corrected chi connectivity index (χ3v) is 5.42. The predicted octanol–water partition coefficient (Wildman–Crippen LogP) is 3.15. The highest BCUT2D eigenvalue weighted by molar-refractivity contribution is 7.99. The molecule has 3 rings (SSSR count). The molecule has 2 amide bonds. The lowest BCUT2D eigenvalue weighted by Crippen LogP contribution is -2.41. The van der Waals surface area contributed by atoms with Crippen molar-refractivity contribution < 1.29 is 19.1 Å². The van der Waals surface area contributed by atoms with Crippen LogP contribution >= 0.6 is 11.8 Å². The van der Waals surface area contributed by atoms with Crippen LogP contribution in [0.4, 0.5) is 5.69 Å². The summed E-state index contributed by atoms with van der Waals surface area (Å²) < 4.78 is 10.4. The Balaban J connectivity index is 1.77. The predicted molar refractivity (Wildman–Crippen MR) is 110 cm³/mol. The van der Waals surface area contributed by atoms with Gasteiger partial charge in [0.25, 0.3) is 11.8 Å². The molecular formula is C21H24N2O4S. The lowest BCUT2D eigenvalue weighted by Gasteiger charge is -2.27. The van der Waals surface area contributed by atoms with Gasteiger partial charge < -0.3 is 19.7 Å². The third kappa shape index (κ3) is 5.13. The number of thioether (sulfide) groups is 1. The Bertz CT molecular complexity index is 822. The van der Waals surface area contributed by atoms with Crippen molar-refractivity contribution >= 4 is 29.3 Å². The maximum absolute atomic E-state index is 12.9. The first-order valence-electron chi connectivity index (χ1n) is 9.19. The van der Waals surface area contributed by atoms with E-state index in [2.05, 4.69) is 5.32 Å². The number of hydrogen-bond donors (Lipinski definition) is 1. The van der Waals surface area contributed by atoms with E-state index >= 15 is 0 Å². The molecule has 1 heterocycles. The summed E-state index contributed by atoms with van der Waals surface area (Å²) in [6.07, 6.45) is 0. The zero-order chi connectivity index (χ0) is 19.8. The van der Waals surface area contributed by atoms with Gasteiger partial charge in [0.15, 0.2) is 0 Å². The Morgan fingerprint density at radius 1 is 1.07 bits per heavy atom. The molecule has 0 saturated carbocycles. The molecule has 1 fully saturated rings. The van der Waals surface area contributed by atoms with Gasteiger partial charge in [0, 0.05) is 30.8 Å². The van der Waals surface area contributed by atoms with Crippen molar-refractivity contribution in [3.8, 4) is 0 Å². The highest BCUT2D eigenvalue weighted by Crippen LogP contribution is 2.25. The van der Waals surface area contributed by atoms with Crippen molar-refractivity contribution in [3.63, 3.8) is 0 Å². The first-order chi connectivity index (χ1) is 13.7. The molecular weight excluding hydrogens is 376 g/mol. The zero-order valence-electron chi connectivity index (χ0n) is 15.8. The number of benzene rings is 2. The molecule has 0 aliphatic carbocycles. The number of para-hydroxylation sites is 1. The van der Waals surface area contributed by atoms with Gasteiger partial charge in [-0.2, -0.15) is 0 Å². The molecule has 6 nitrogen and oxygen atoms in total. The lowest BCUT2D eigenvalue weighted by atomic mass is 10.1. The van der Waals surface area contributed by atoms with Gasteiger partial charge >= 0.3 is 0 Å². The number of amides is 2. The lowest BCUT2D eigenvalue weighted by molar-refractivity contribution is 0.0303. The molecule has 0 bridgehead atoms. The summed E-state index contributed by atoms with van der Waals surface area (Å²) in [6.45, 7) is 2.79. The first kappa shape index (κ1) is 20.4. The average Bonchev–Trinajstić information content (AvgIpc) is 2.75. The standard InChI is InChI=1S/C21H24N2O4S/c1-26-14-15-28-19-9-5-3-7-17(19)20(24)22-18-8-4-2-6-16(18)21(25)23-10-12-27-13-11-23/h2-9H,10-15H2,1H3,(H,22,24). The number of nitrogens with one attached hydrogen (secondary N) is 1. The van der Waals surface area contributed by atoms with E-state index in [1.807, 2.05) is 24.3 Å². The van der Waals surface area contributed by atoms with E-state index in [0.29, 0.717) is 49.7 Å². The van der Waals surface area contributed by atoms with Crippen molar-refractivity contribution in [3.05, 3.63) is 59.7 Å². The maximum Gasteiger partial charge on any atom is 0.256 e. The van der Waals surface area contributed by atoms with Crippen molar-refractivity contribution in [2.75, 3.05) is 51.1 Å². The van der Waals surface area contributed by atoms with E-state index in [-0.39, 0.29) is 11.8 Å². The van der Waals surface area contributed by atoms with Gasteiger partial charge in [-0.1, -0.05) is 24.3 Å². The highest BCUT2D eigenvalue weighted by atomic mass is 32.2. The molecule has 28 heavy (non-hydrogen) atoms.